The Hall–Kier alpha value is -0.570. The van der Waals surface area contributed by atoms with Gasteiger partial charge < -0.3 is 5.32 Å². The van der Waals surface area contributed by atoms with Gasteiger partial charge in [-0.15, -0.1) is 0 Å². The van der Waals surface area contributed by atoms with E-state index in [1.165, 1.54) is 0 Å². The molecule has 0 aliphatic heterocycles. The first-order chi connectivity index (χ1) is 8.29. The molecule has 1 N–H and O–H groups in total. The molecule has 0 saturated heterocycles. The van der Waals surface area contributed by atoms with Crippen molar-refractivity contribution in [1.82, 2.24) is 5.32 Å². The van der Waals surface area contributed by atoms with Crippen molar-refractivity contribution in [2.75, 3.05) is 6.54 Å². The molecule has 0 radical (unpaired) electrons. The van der Waals surface area contributed by atoms with E-state index in [9.17, 15) is 4.79 Å². The Morgan fingerprint density at radius 3 is 2.28 bits per heavy atom. The van der Waals surface area contributed by atoms with Gasteiger partial charge in [-0.25, -0.2) is 0 Å². The van der Waals surface area contributed by atoms with Crippen LogP contribution >= 0.6 is 23.2 Å². The zero-order valence-electron chi connectivity index (χ0n) is 11.0. The van der Waals surface area contributed by atoms with E-state index in [1.54, 1.807) is 18.2 Å². The summed E-state index contributed by atoms with van der Waals surface area (Å²) in [6.45, 7) is 6.89. The monoisotopic (exact) mass is 287 g/mol. The third-order valence-corrected chi connectivity index (χ3v) is 3.20. The van der Waals surface area contributed by atoms with Crippen molar-refractivity contribution in [2.45, 2.75) is 39.2 Å². The molecule has 1 aromatic rings. The van der Waals surface area contributed by atoms with Crippen molar-refractivity contribution >= 4 is 29.0 Å². The molecule has 0 aromatic heterocycles. The number of halogens is 2. The Bertz CT molecular complexity index is 404. The van der Waals surface area contributed by atoms with Gasteiger partial charge in [-0.2, -0.15) is 0 Å². The molecule has 0 bridgehead atoms. The molecule has 0 saturated carbocycles. The zero-order valence-corrected chi connectivity index (χ0v) is 12.5. The minimum atomic E-state index is 0.0301. The van der Waals surface area contributed by atoms with E-state index in [0.717, 1.165) is 5.56 Å². The van der Waals surface area contributed by atoms with Crippen molar-refractivity contribution < 1.29 is 4.79 Å². The summed E-state index contributed by atoms with van der Waals surface area (Å²) in [7, 11) is 0. The van der Waals surface area contributed by atoms with Crippen molar-refractivity contribution in [1.29, 1.82) is 0 Å². The van der Waals surface area contributed by atoms with Crippen LogP contribution in [0.25, 0.3) is 0 Å². The number of hydrogen-bond donors (Lipinski definition) is 1. The zero-order chi connectivity index (χ0) is 13.8. The summed E-state index contributed by atoms with van der Waals surface area (Å²) in [6.07, 6.45) is 0.781. The Balaban J connectivity index is 2.50. The van der Waals surface area contributed by atoms with E-state index >= 15 is 0 Å². The second kappa shape index (κ2) is 6.55. The van der Waals surface area contributed by atoms with Gasteiger partial charge in [0, 0.05) is 35.0 Å². The smallest absolute Gasteiger partial charge is 0.138 e. The quantitative estimate of drug-likeness (QED) is 0.890. The Morgan fingerprint density at radius 1 is 1.22 bits per heavy atom. The lowest BCUT2D eigenvalue weighted by molar-refractivity contribution is -0.118. The van der Waals surface area contributed by atoms with Crippen LogP contribution in [0.4, 0.5) is 0 Å². The molecule has 0 aliphatic carbocycles. The predicted molar refractivity (Wildman–Crippen MR) is 77.5 cm³/mol. The summed E-state index contributed by atoms with van der Waals surface area (Å²) in [5, 5.41) is 4.39. The number of carbonyl (C=O) groups is 1. The summed E-state index contributed by atoms with van der Waals surface area (Å²) in [5.74, 6) is 0.141. The minimum Gasteiger partial charge on any atom is -0.312 e. The standard InChI is InChI=1S/C14H19Cl2NO/c1-14(2,3)17-8-7-10(18)9-11-12(15)5-4-6-13(11)16/h4-6,17H,7-9H2,1-3H3. The largest absolute Gasteiger partial charge is 0.312 e. The molecule has 4 heteroatoms. The molecule has 0 heterocycles. The first-order valence-corrected chi connectivity index (χ1v) is 6.75. The first kappa shape index (κ1) is 15.5. The van der Waals surface area contributed by atoms with Gasteiger partial charge in [0.25, 0.3) is 0 Å². The number of ketones is 1. The fourth-order valence-electron chi connectivity index (χ4n) is 1.56. The number of carbonyl (C=O) groups excluding carboxylic acids is 1. The second-order valence-electron chi connectivity index (χ2n) is 5.34. The van der Waals surface area contributed by atoms with Crippen molar-refractivity contribution in [3.8, 4) is 0 Å². The fourth-order valence-corrected chi connectivity index (χ4v) is 2.09. The molecule has 2 nitrogen and oxygen atoms in total. The number of rotatable bonds is 5. The maximum Gasteiger partial charge on any atom is 0.138 e. The normalized spacial score (nSPS) is 11.6. The highest BCUT2D eigenvalue weighted by Crippen LogP contribution is 2.25. The third-order valence-electron chi connectivity index (χ3n) is 2.49. The lowest BCUT2D eigenvalue weighted by Crippen LogP contribution is -2.37. The molecular formula is C14H19Cl2NO. The molecule has 0 spiro atoms. The van der Waals surface area contributed by atoms with Crippen molar-refractivity contribution in [3.05, 3.63) is 33.8 Å². The molecule has 1 aromatic carbocycles. The summed E-state index contributed by atoms with van der Waals surface area (Å²) < 4.78 is 0. The number of nitrogens with one attached hydrogen (secondary N) is 1. The summed E-state index contributed by atoms with van der Waals surface area (Å²) >= 11 is 12.1. The predicted octanol–water partition coefficient (Wildman–Crippen LogP) is 3.88. The van der Waals surface area contributed by atoms with Crippen LogP contribution in [-0.4, -0.2) is 17.9 Å². The molecule has 1 rings (SSSR count). The Kier molecular flexibility index (Phi) is 5.64. The van der Waals surface area contributed by atoms with Crippen LogP contribution in [0.15, 0.2) is 18.2 Å². The van der Waals surface area contributed by atoms with E-state index < -0.39 is 0 Å². The highest BCUT2D eigenvalue weighted by Gasteiger charge is 2.12. The van der Waals surface area contributed by atoms with E-state index in [2.05, 4.69) is 26.1 Å². The maximum atomic E-state index is 11.8. The Morgan fingerprint density at radius 2 is 1.78 bits per heavy atom. The molecule has 0 amide bonds. The van der Waals surface area contributed by atoms with E-state index in [0.29, 0.717) is 29.4 Å². The van der Waals surface area contributed by atoms with Gasteiger partial charge >= 0.3 is 0 Å². The first-order valence-electron chi connectivity index (χ1n) is 5.99. The summed E-state index contributed by atoms with van der Waals surface area (Å²) in [4.78, 5) is 11.8. The highest BCUT2D eigenvalue weighted by atomic mass is 35.5. The van der Waals surface area contributed by atoms with Crippen LogP contribution in [0.2, 0.25) is 10.0 Å². The number of Topliss-reactive ketones (excluding diaryl/α,β-unsaturated/α-hetero) is 1. The molecule has 100 valence electrons. The van der Waals surface area contributed by atoms with Crippen LogP contribution in [0, 0.1) is 0 Å². The van der Waals surface area contributed by atoms with Crippen molar-refractivity contribution in [2.24, 2.45) is 0 Å². The summed E-state index contributed by atoms with van der Waals surface area (Å²) in [5.41, 5.74) is 0.754. The van der Waals surface area contributed by atoms with Crippen LogP contribution in [0.3, 0.4) is 0 Å². The van der Waals surface area contributed by atoms with Gasteiger partial charge in [-0.05, 0) is 38.5 Å². The molecular weight excluding hydrogens is 269 g/mol. The van der Waals surface area contributed by atoms with Gasteiger partial charge in [-0.1, -0.05) is 29.3 Å². The topological polar surface area (TPSA) is 29.1 Å². The van der Waals surface area contributed by atoms with Crippen molar-refractivity contribution in [3.63, 3.8) is 0 Å². The minimum absolute atomic E-state index is 0.0301. The van der Waals surface area contributed by atoms with Crippen LogP contribution in [0.1, 0.15) is 32.8 Å². The van der Waals surface area contributed by atoms with Gasteiger partial charge in [0.2, 0.25) is 0 Å². The summed E-state index contributed by atoms with van der Waals surface area (Å²) in [6, 6.07) is 5.28. The van der Waals surface area contributed by atoms with Crippen LogP contribution < -0.4 is 5.32 Å². The van der Waals surface area contributed by atoms with Gasteiger partial charge in [0.05, 0.1) is 0 Å². The van der Waals surface area contributed by atoms with E-state index in [4.69, 9.17) is 23.2 Å². The van der Waals surface area contributed by atoms with Crippen LogP contribution in [-0.2, 0) is 11.2 Å². The lowest BCUT2D eigenvalue weighted by Gasteiger charge is -2.20. The second-order valence-corrected chi connectivity index (χ2v) is 6.16. The van der Waals surface area contributed by atoms with Crippen LogP contribution in [0.5, 0.6) is 0 Å². The number of benzene rings is 1. The van der Waals surface area contributed by atoms with Gasteiger partial charge in [-0.3, -0.25) is 4.79 Å². The van der Waals surface area contributed by atoms with E-state index in [-0.39, 0.29) is 11.3 Å². The maximum absolute atomic E-state index is 11.8. The lowest BCUT2D eigenvalue weighted by atomic mass is 10.1. The number of hydrogen-bond acceptors (Lipinski definition) is 2. The third kappa shape index (κ3) is 5.38. The fraction of sp³-hybridized carbons (Fsp3) is 0.500. The molecule has 0 aliphatic rings. The Labute approximate surface area is 119 Å². The average Bonchev–Trinajstić information content (AvgIpc) is 2.22. The molecule has 18 heavy (non-hydrogen) atoms. The molecule has 0 fully saturated rings. The SMILES string of the molecule is CC(C)(C)NCCC(=O)Cc1c(Cl)cccc1Cl. The average molecular weight is 288 g/mol. The molecule has 0 unspecified atom stereocenters. The highest BCUT2D eigenvalue weighted by molar-refractivity contribution is 6.36. The van der Waals surface area contributed by atoms with Gasteiger partial charge in [0.1, 0.15) is 5.78 Å². The van der Waals surface area contributed by atoms with E-state index in [1.807, 2.05) is 0 Å². The van der Waals surface area contributed by atoms with Gasteiger partial charge in [0.15, 0.2) is 0 Å². The molecule has 0 atom stereocenters.